The average Bonchev–Trinajstić information content (AvgIpc) is 2.28. The number of rotatable bonds is 8. The molecule has 0 aromatic rings. The molecule has 0 spiro atoms. The molecule has 0 amide bonds. The van der Waals surface area contributed by atoms with Crippen LogP contribution in [0.25, 0.3) is 0 Å². The highest BCUT2D eigenvalue weighted by Crippen LogP contribution is 2.51. The SMILES string of the molecule is CCS(=O)CCOP(=O)(OC)O/C(Cl)=C/Cl. The standard InChI is InChI=1S/C7H13Cl2O5PS/c1-3-16(11)5-4-13-15(10,12-2)14-7(9)6-8/h6H,3-5H2,1-2H3/b7-6+. The summed E-state index contributed by atoms with van der Waals surface area (Å²) in [6, 6.07) is 0. The van der Waals surface area contributed by atoms with Crippen molar-refractivity contribution in [1.29, 1.82) is 0 Å². The first-order chi connectivity index (χ1) is 7.47. The van der Waals surface area contributed by atoms with Crippen LogP contribution in [0.1, 0.15) is 6.92 Å². The molecule has 16 heavy (non-hydrogen) atoms. The van der Waals surface area contributed by atoms with Crippen molar-refractivity contribution in [3.8, 4) is 0 Å². The third kappa shape index (κ3) is 6.89. The van der Waals surface area contributed by atoms with E-state index in [0.717, 1.165) is 12.6 Å². The minimum Gasteiger partial charge on any atom is -0.391 e. The molecule has 2 atom stereocenters. The second-order valence-electron chi connectivity index (χ2n) is 2.40. The lowest BCUT2D eigenvalue weighted by molar-refractivity contribution is 0.170. The summed E-state index contributed by atoms with van der Waals surface area (Å²) in [5.74, 6) is 0.749. The molecule has 0 fully saturated rings. The van der Waals surface area contributed by atoms with Gasteiger partial charge in [-0.25, -0.2) is 4.57 Å². The Morgan fingerprint density at radius 2 is 2.19 bits per heavy atom. The van der Waals surface area contributed by atoms with Crippen LogP contribution in [0.15, 0.2) is 10.8 Å². The zero-order chi connectivity index (χ0) is 12.6. The van der Waals surface area contributed by atoms with Gasteiger partial charge in [0.25, 0.3) is 0 Å². The van der Waals surface area contributed by atoms with Crippen LogP contribution >= 0.6 is 31.0 Å². The van der Waals surface area contributed by atoms with Gasteiger partial charge in [-0.3, -0.25) is 13.3 Å². The fourth-order valence-electron chi connectivity index (χ4n) is 0.629. The highest BCUT2D eigenvalue weighted by atomic mass is 35.5. The molecule has 0 saturated carbocycles. The van der Waals surface area contributed by atoms with Gasteiger partial charge in [0.1, 0.15) is 0 Å². The topological polar surface area (TPSA) is 61.8 Å². The summed E-state index contributed by atoms with van der Waals surface area (Å²) >= 11 is 10.6. The molecule has 9 heteroatoms. The van der Waals surface area contributed by atoms with Crippen molar-refractivity contribution < 1.29 is 22.3 Å². The molecule has 0 heterocycles. The largest absolute Gasteiger partial charge is 0.530 e. The van der Waals surface area contributed by atoms with E-state index in [1.54, 1.807) is 6.92 Å². The smallest absolute Gasteiger partial charge is 0.391 e. The molecule has 2 unspecified atom stereocenters. The van der Waals surface area contributed by atoms with Crippen molar-refractivity contribution in [3.63, 3.8) is 0 Å². The van der Waals surface area contributed by atoms with E-state index in [4.69, 9.17) is 27.7 Å². The Balaban J connectivity index is 4.17. The first kappa shape index (κ1) is 16.4. The van der Waals surface area contributed by atoms with Crippen molar-refractivity contribution in [2.45, 2.75) is 6.92 Å². The van der Waals surface area contributed by atoms with E-state index < -0.39 is 18.6 Å². The summed E-state index contributed by atoms with van der Waals surface area (Å²) in [6.45, 7) is 1.76. The summed E-state index contributed by atoms with van der Waals surface area (Å²) in [6.07, 6.45) is 0. The summed E-state index contributed by atoms with van der Waals surface area (Å²) in [4.78, 5) is 0. The maximum atomic E-state index is 11.7. The Morgan fingerprint density at radius 3 is 2.62 bits per heavy atom. The Kier molecular flexibility index (Phi) is 8.73. The molecule has 0 N–H and O–H groups in total. The van der Waals surface area contributed by atoms with Crippen LogP contribution < -0.4 is 0 Å². The molecule has 0 aliphatic carbocycles. The molecule has 0 bridgehead atoms. The molecule has 0 aromatic heterocycles. The lowest BCUT2D eigenvalue weighted by Gasteiger charge is -2.15. The molecule has 0 radical (unpaired) electrons. The van der Waals surface area contributed by atoms with E-state index in [1.165, 1.54) is 0 Å². The second-order valence-corrected chi connectivity index (χ2v) is 6.56. The summed E-state index contributed by atoms with van der Waals surface area (Å²) in [7, 11) is -3.62. The predicted molar refractivity (Wildman–Crippen MR) is 65.0 cm³/mol. The van der Waals surface area contributed by atoms with Crippen LogP contribution in [0.3, 0.4) is 0 Å². The Labute approximate surface area is 107 Å². The molecule has 0 rings (SSSR count). The second kappa shape index (κ2) is 8.50. The zero-order valence-electron chi connectivity index (χ0n) is 8.85. The van der Waals surface area contributed by atoms with Crippen LogP contribution in [-0.2, 0) is 28.9 Å². The Morgan fingerprint density at radius 1 is 1.56 bits per heavy atom. The van der Waals surface area contributed by atoms with Gasteiger partial charge >= 0.3 is 7.82 Å². The van der Waals surface area contributed by atoms with Crippen molar-refractivity contribution in [2.24, 2.45) is 0 Å². The quantitative estimate of drug-likeness (QED) is 0.509. The summed E-state index contributed by atoms with van der Waals surface area (Å²) < 4.78 is 36.8. The van der Waals surface area contributed by atoms with Gasteiger partial charge in [0.15, 0.2) is 0 Å². The molecule has 0 aliphatic rings. The van der Waals surface area contributed by atoms with E-state index in [2.05, 4.69) is 9.05 Å². The van der Waals surface area contributed by atoms with Gasteiger partial charge < -0.3 is 4.52 Å². The van der Waals surface area contributed by atoms with Gasteiger partial charge in [0.2, 0.25) is 5.22 Å². The number of phosphoric ester groups is 1. The predicted octanol–water partition coefficient (Wildman–Crippen LogP) is 2.82. The van der Waals surface area contributed by atoms with Crippen LogP contribution in [-0.4, -0.2) is 29.4 Å². The van der Waals surface area contributed by atoms with Gasteiger partial charge in [-0.05, 0) is 11.6 Å². The number of hydrogen-bond donors (Lipinski definition) is 0. The summed E-state index contributed by atoms with van der Waals surface area (Å²) in [5.41, 5.74) is 0.890. The van der Waals surface area contributed by atoms with Gasteiger partial charge in [-0.15, -0.1) is 0 Å². The van der Waals surface area contributed by atoms with Gasteiger partial charge in [0, 0.05) is 29.4 Å². The number of hydrogen-bond acceptors (Lipinski definition) is 5. The third-order valence-corrected chi connectivity index (χ3v) is 4.63. The molecule has 96 valence electrons. The van der Waals surface area contributed by atoms with Crippen LogP contribution in [0, 0.1) is 0 Å². The first-order valence-electron chi connectivity index (χ1n) is 4.28. The molecule has 0 aliphatic heterocycles. The zero-order valence-corrected chi connectivity index (χ0v) is 12.1. The summed E-state index contributed by atoms with van der Waals surface area (Å²) in [5, 5.41) is -0.302. The average molecular weight is 311 g/mol. The Bertz CT molecular complexity index is 309. The monoisotopic (exact) mass is 310 g/mol. The molecule has 0 saturated heterocycles. The minimum absolute atomic E-state index is 0.0158. The van der Waals surface area contributed by atoms with E-state index in [-0.39, 0.29) is 17.6 Å². The first-order valence-corrected chi connectivity index (χ1v) is 8.04. The Hall–Kier alpha value is 0.420. The van der Waals surface area contributed by atoms with Crippen LogP contribution in [0.4, 0.5) is 0 Å². The van der Waals surface area contributed by atoms with Gasteiger partial charge in [-0.2, -0.15) is 0 Å². The maximum Gasteiger partial charge on any atom is 0.530 e. The number of halogens is 2. The van der Waals surface area contributed by atoms with E-state index in [0.29, 0.717) is 5.75 Å². The van der Waals surface area contributed by atoms with Crippen LogP contribution in [0.5, 0.6) is 0 Å². The van der Waals surface area contributed by atoms with Crippen molar-refractivity contribution >= 4 is 41.8 Å². The van der Waals surface area contributed by atoms with Crippen molar-refractivity contribution in [3.05, 3.63) is 10.8 Å². The molecule has 5 nitrogen and oxygen atoms in total. The highest BCUT2D eigenvalue weighted by Gasteiger charge is 2.27. The number of phosphoric acid groups is 1. The highest BCUT2D eigenvalue weighted by molar-refractivity contribution is 7.84. The van der Waals surface area contributed by atoms with E-state index >= 15 is 0 Å². The molecule has 0 aromatic carbocycles. The van der Waals surface area contributed by atoms with Crippen molar-refractivity contribution in [1.82, 2.24) is 0 Å². The van der Waals surface area contributed by atoms with E-state index in [9.17, 15) is 8.77 Å². The lowest BCUT2D eigenvalue weighted by atomic mass is 10.9. The fourth-order valence-corrected chi connectivity index (χ4v) is 2.48. The van der Waals surface area contributed by atoms with Crippen LogP contribution in [0.2, 0.25) is 0 Å². The minimum atomic E-state index is -3.76. The third-order valence-electron chi connectivity index (χ3n) is 1.39. The molecular weight excluding hydrogens is 298 g/mol. The fraction of sp³-hybridized carbons (Fsp3) is 0.714. The maximum absolute atomic E-state index is 11.7. The van der Waals surface area contributed by atoms with Gasteiger partial charge in [-0.1, -0.05) is 18.5 Å². The van der Waals surface area contributed by atoms with E-state index in [1.807, 2.05) is 0 Å². The van der Waals surface area contributed by atoms with Gasteiger partial charge in [0.05, 0.1) is 12.1 Å². The lowest BCUT2D eigenvalue weighted by Crippen LogP contribution is -2.07. The molecular formula is C7H13Cl2O5PS. The van der Waals surface area contributed by atoms with Crippen molar-refractivity contribution in [2.75, 3.05) is 25.2 Å². The normalized spacial score (nSPS) is 17.9.